The fraction of sp³-hybridized carbons (Fsp3) is 0.762. The van der Waals surface area contributed by atoms with Gasteiger partial charge in [0, 0.05) is 25.2 Å². The zero-order chi connectivity index (χ0) is 20.3. The number of piperidine rings is 1. The molecule has 1 aromatic heterocycles. The van der Waals surface area contributed by atoms with Crippen molar-refractivity contribution in [2.45, 2.75) is 78.0 Å². The summed E-state index contributed by atoms with van der Waals surface area (Å²) >= 11 is 0. The molecule has 0 aromatic carbocycles. The van der Waals surface area contributed by atoms with Crippen LogP contribution in [0.2, 0.25) is 0 Å². The van der Waals surface area contributed by atoms with Gasteiger partial charge in [0.15, 0.2) is 0 Å². The van der Waals surface area contributed by atoms with Gasteiger partial charge in [-0.2, -0.15) is 0 Å². The lowest BCUT2D eigenvalue weighted by Gasteiger charge is -2.37. The summed E-state index contributed by atoms with van der Waals surface area (Å²) in [6.07, 6.45) is 7.58. The second-order valence-corrected chi connectivity index (χ2v) is 9.50. The maximum absolute atomic E-state index is 11.8. The van der Waals surface area contributed by atoms with Gasteiger partial charge in [0.2, 0.25) is 5.95 Å². The number of ether oxygens (including phenoxy) is 1. The Morgan fingerprint density at radius 1 is 1.14 bits per heavy atom. The number of hydrogen-bond donors (Lipinski definition) is 2. The van der Waals surface area contributed by atoms with Crippen LogP contribution in [0.25, 0.3) is 0 Å². The monoisotopic (exact) mass is 389 g/mol. The van der Waals surface area contributed by atoms with Crippen molar-refractivity contribution in [3.63, 3.8) is 0 Å². The van der Waals surface area contributed by atoms with Gasteiger partial charge in [-0.25, -0.2) is 14.8 Å². The van der Waals surface area contributed by atoms with E-state index < -0.39 is 5.60 Å². The third-order valence-corrected chi connectivity index (χ3v) is 5.63. The van der Waals surface area contributed by atoms with E-state index in [0.717, 1.165) is 49.4 Å². The van der Waals surface area contributed by atoms with Crippen molar-refractivity contribution >= 4 is 17.7 Å². The van der Waals surface area contributed by atoms with E-state index in [9.17, 15) is 4.79 Å². The minimum atomic E-state index is -0.464. The Hall–Kier alpha value is -2.05. The predicted octanol–water partition coefficient (Wildman–Crippen LogP) is 3.82. The Kier molecular flexibility index (Phi) is 6.30. The van der Waals surface area contributed by atoms with Gasteiger partial charge in [-0.1, -0.05) is 13.8 Å². The van der Waals surface area contributed by atoms with Gasteiger partial charge in [0.25, 0.3) is 0 Å². The quantitative estimate of drug-likeness (QED) is 0.797. The molecule has 0 atom stereocenters. The van der Waals surface area contributed by atoms with E-state index in [1.54, 1.807) is 0 Å². The van der Waals surface area contributed by atoms with Crippen LogP contribution in [0.15, 0.2) is 12.4 Å². The van der Waals surface area contributed by atoms with E-state index in [2.05, 4.69) is 39.3 Å². The average molecular weight is 390 g/mol. The molecular weight excluding hydrogens is 354 g/mol. The van der Waals surface area contributed by atoms with E-state index in [1.807, 2.05) is 33.2 Å². The average Bonchev–Trinajstić information content (AvgIpc) is 2.59. The molecule has 0 bridgehead atoms. The Bertz CT molecular complexity index is 642. The van der Waals surface area contributed by atoms with Gasteiger partial charge >= 0.3 is 6.09 Å². The Morgan fingerprint density at radius 2 is 1.75 bits per heavy atom. The first-order chi connectivity index (χ1) is 13.2. The molecule has 2 aliphatic rings. The van der Waals surface area contributed by atoms with E-state index in [0.29, 0.717) is 6.04 Å². The van der Waals surface area contributed by atoms with Gasteiger partial charge in [0.1, 0.15) is 5.60 Å². The van der Waals surface area contributed by atoms with Crippen LogP contribution in [0, 0.1) is 11.8 Å². The normalized spacial score (nSPS) is 23.3. The van der Waals surface area contributed by atoms with Crippen LogP contribution in [0.4, 0.5) is 16.4 Å². The third kappa shape index (κ3) is 5.72. The molecule has 28 heavy (non-hydrogen) atoms. The Labute approximate surface area is 168 Å². The number of rotatable bonds is 5. The van der Waals surface area contributed by atoms with Crippen molar-refractivity contribution in [1.29, 1.82) is 0 Å². The van der Waals surface area contributed by atoms with E-state index in [1.165, 1.54) is 12.8 Å². The molecule has 1 aliphatic carbocycles. The molecule has 0 radical (unpaired) electrons. The van der Waals surface area contributed by atoms with E-state index in [4.69, 9.17) is 4.74 Å². The number of carbonyl (C=O) groups excluding carboxylic acids is 1. The summed E-state index contributed by atoms with van der Waals surface area (Å²) in [5.41, 5.74) is 0.468. The first-order valence-electron chi connectivity index (χ1n) is 10.5. The molecule has 1 aromatic rings. The highest BCUT2D eigenvalue weighted by atomic mass is 16.6. The third-order valence-electron chi connectivity index (χ3n) is 5.63. The molecule has 0 unspecified atom stereocenters. The van der Waals surface area contributed by atoms with Gasteiger partial charge < -0.3 is 20.3 Å². The lowest BCUT2D eigenvalue weighted by atomic mass is 9.87. The van der Waals surface area contributed by atoms with Crippen molar-refractivity contribution in [2.24, 2.45) is 11.8 Å². The molecule has 1 amide bonds. The number of hydrogen-bond acceptors (Lipinski definition) is 6. The van der Waals surface area contributed by atoms with Crippen molar-refractivity contribution in [3.05, 3.63) is 12.4 Å². The molecule has 3 rings (SSSR count). The summed E-state index contributed by atoms with van der Waals surface area (Å²) in [5.74, 6) is 2.40. The van der Waals surface area contributed by atoms with Crippen molar-refractivity contribution < 1.29 is 9.53 Å². The Balaban J connectivity index is 1.40. The zero-order valence-electron chi connectivity index (χ0n) is 17.9. The molecule has 1 aliphatic heterocycles. The number of nitrogens with one attached hydrogen (secondary N) is 2. The number of alkyl carbamates (subject to hydrolysis) is 1. The fourth-order valence-corrected chi connectivity index (χ4v) is 3.89. The maximum Gasteiger partial charge on any atom is 0.407 e. The first kappa shape index (κ1) is 20.7. The molecule has 0 spiro atoms. The largest absolute Gasteiger partial charge is 0.444 e. The predicted molar refractivity (Wildman–Crippen MR) is 112 cm³/mol. The summed E-state index contributed by atoms with van der Waals surface area (Å²) in [7, 11) is 0. The van der Waals surface area contributed by atoms with Gasteiger partial charge in [-0.15, -0.1) is 0 Å². The minimum absolute atomic E-state index is 0.162. The SMILES string of the molecule is CC(C)C1CCN(c2ncc(NC3CC(NC(=O)OC(C)(C)C)C3)cn2)CC1. The number of anilines is 2. The van der Waals surface area contributed by atoms with Crippen LogP contribution in [-0.4, -0.2) is 46.8 Å². The molecule has 2 N–H and O–H groups in total. The Morgan fingerprint density at radius 3 is 2.29 bits per heavy atom. The molecule has 2 heterocycles. The highest BCUT2D eigenvalue weighted by Crippen LogP contribution is 2.27. The second-order valence-electron chi connectivity index (χ2n) is 9.50. The summed E-state index contributed by atoms with van der Waals surface area (Å²) in [4.78, 5) is 23.2. The fourth-order valence-electron chi connectivity index (χ4n) is 3.89. The van der Waals surface area contributed by atoms with Crippen molar-refractivity contribution in [3.8, 4) is 0 Å². The zero-order valence-corrected chi connectivity index (χ0v) is 17.9. The summed E-state index contributed by atoms with van der Waals surface area (Å²) < 4.78 is 5.29. The highest BCUT2D eigenvalue weighted by molar-refractivity contribution is 5.68. The summed E-state index contributed by atoms with van der Waals surface area (Å²) in [5, 5.41) is 6.36. The van der Waals surface area contributed by atoms with Crippen LogP contribution in [-0.2, 0) is 4.74 Å². The smallest absolute Gasteiger partial charge is 0.407 e. The summed E-state index contributed by atoms with van der Waals surface area (Å²) in [6.45, 7) is 12.3. The standard InChI is InChI=1S/C21H35N5O2/c1-14(2)15-6-8-26(9-7-15)19-22-12-18(13-23-19)24-16-10-17(11-16)25-20(27)28-21(3,4)5/h12-17,24H,6-11H2,1-5H3,(H,25,27). The van der Waals surface area contributed by atoms with Gasteiger partial charge in [0.05, 0.1) is 18.1 Å². The van der Waals surface area contributed by atoms with Crippen LogP contribution >= 0.6 is 0 Å². The number of nitrogens with zero attached hydrogens (tertiary/aromatic N) is 3. The van der Waals surface area contributed by atoms with Gasteiger partial charge in [-0.05, 0) is 58.3 Å². The molecule has 1 saturated carbocycles. The maximum atomic E-state index is 11.8. The lowest BCUT2D eigenvalue weighted by Crippen LogP contribution is -2.50. The first-order valence-corrected chi connectivity index (χ1v) is 10.5. The van der Waals surface area contributed by atoms with Crippen LogP contribution < -0.4 is 15.5 Å². The van der Waals surface area contributed by atoms with Crippen molar-refractivity contribution in [2.75, 3.05) is 23.3 Å². The molecule has 2 fully saturated rings. The van der Waals surface area contributed by atoms with Gasteiger partial charge in [-0.3, -0.25) is 0 Å². The molecule has 7 heteroatoms. The molecule has 7 nitrogen and oxygen atoms in total. The van der Waals surface area contributed by atoms with E-state index >= 15 is 0 Å². The lowest BCUT2D eigenvalue weighted by molar-refractivity contribution is 0.0475. The number of aromatic nitrogens is 2. The van der Waals surface area contributed by atoms with Crippen LogP contribution in [0.3, 0.4) is 0 Å². The number of carbonyl (C=O) groups is 1. The topological polar surface area (TPSA) is 79.4 Å². The molecule has 156 valence electrons. The van der Waals surface area contributed by atoms with Crippen LogP contribution in [0.1, 0.15) is 60.3 Å². The van der Waals surface area contributed by atoms with Crippen molar-refractivity contribution in [1.82, 2.24) is 15.3 Å². The molecule has 1 saturated heterocycles. The van der Waals surface area contributed by atoms with Crippen LogP contribution in [0.5, 0.6) is 0 Å². The second kappa shape index (κ2) is 8.53. The summed E-state index contributed by atoms with van der Waals surface area (Å²) in [6, 6.07) is 0.492. The molecular formula is C21H35N5O2. The minimum Gasteiger partial charge on any atom is -0.444 e. The van der Waals surface area contributed by atoms with E-state index in [-0.39, 0.29) is 12.1 Å². The highest BCUT2D eigenvalue weighted by Gasteiger charge is 2.31. The number of amides is 1.